The average molecular weight is 211 g/mol. The van der Waals surface area contributed by atoms with Crippen LogP contribution in [0.1, 0.15) is 66.2 Å². The van der Waals surface area contributed by atoms with Gasteiger partial charge in [0, 0.05) is 6.04 Å². The number of hydrogen-bond donors (Lipinski definition) is 1. The molecule has 15 heavy (non-hydrogen) atoms. The number of hydrogen-bond acceptors (Lipinski definition) is 1. The Bertz CT molecular complexity index is 172. The van der Waals surface area contributed by atoms with Gasteiger partial charge in [-0.25, -0.2) is 0 Å². The summed E-state index contributed by atoms with van der Waals surface area (Å²) >= 11 is 0. The number of nitrogens with two attached hydrogens (primary N) is 1. The van der Waals surface area contributed by atoms with E-state index in [9.17, 15) is 0 Å². The van der Waals surface area contributed by atoms with E-state index in [1.54, 1.807) is 0 Å². The molecule has 0 bridgehead atoms. The molecule has 1 aliphatic rings. The smallest absolute Gasteiger partial charge is 0.00721 e. The Morgan fingerprint density at radius 3 is 2.07 bits per heavy atom. The van der Waals surface area contributed by atoms with E-state index >= 15 is 0 Å². The van der Waals surface area contributed by atoms with Crippen molar-refractivity contribution >= 4 is 0 Å². The van der Waals surface area contributed by atoms with Crippen LogP contribution >= 0.6 is 0 Å². The zero-order chi connectivity index (χ0) is 11.5. The Morgan fingerprint density at radius 2 is 1.67 bits per heavy atom. The van der Waals surface area contributed by atoms with Crippen LogP contribution in [0.15, 0.2) is 0 Å². The lowest BCUT2D eigenvalue weighted by Gasteiger charge is -2.34. The second-order valence-corrected chi connectivity index (χ2v) is 6.62. The minimum Gasteiger partial charge on any atom is -0.327 e. The third-order valence-corrected chi connectivity index (χ3v) is 3.92. The largest absolute Gasteiger partial charge is 0.327 e. The van der Waals surface area contributed by atoms with Crippen molar-refractivity contribution in [3.63, 3.8) is 0 Å². The monoisotopic (exact) mass is 211 g/mol. The maximum atomic E-state index is 6.32. The summed E-state index contributed by atoms with van der Waals surface area (Å²) in [5.74, 6) is 1.79. The molecule has 1 saturated carbocycles. The van der Waals surface area contributed by atoms with Gasteiger partial charge in [-0.2, -0.15) is 0 Å². The lowest BCUT2D eigenvalue weighted by molar-refractivity contribution is 0.203. The maximum absolute atomic E-state index is 6.32. The first kappa shape index (κ1) is 13.0. The van der Waals surface area contributed by atoms with Crippen molar-refractivity contribution in [2.24, 2.45) is 23.0 Å². The van der Waals surface area contributed by atoms with Crippen molar-refractivity contribution < 1.29 is 0 Å². The SMILES string of the molecule is CCC1CCC(C(N)CC(C)(C)C)CC1. The molecule has 1 rings (SSSR count). The van der Waals surface area contributed by atoms with Crippen molar-refractivity contribution in [2.75, 3.05) is 0 Å². The average Bonchev–Trinajstić information content (AvgIpc) is 2.15. The van der Waals surface area contributed by atoms with Crippen LogP contribution in [0.5, 0.6) is 0 Å². The quantitative estimate of drug-likeness (QED) is 0.751. The fourth-order valence-electron chi connectivity index (χ4n) is 2.90. The van der Waals surface area contributed by atoms with E-state index < -0.39 is 0 Å². The van der Waals surface area contributed by atoms with Gasteiger partial charge in [-0.1, -0.05) is 47.0 Å². The van der Waals surface area contributed by atoms with E-state index in [0.29, 0.717) is 11.5 Å². The molecule has 0 aliphatic heterocycles. The third kappa shape index (κ3) is 4.55. The highest BCUT2D eigenvalue weighted by Gasteiger charge is 2.27. The van der Waals surface area contributed by atoms with Crippen LogP contribution in [0, 0.1) is 17.3 Å². The predicted molar refractivity (Wildman–Crippen MR) is 67.8 cm³/mol. The predicted octanol–water partition coefficient (Wildman–Crippen LogP) is 3.97. The lowest BCUT2D eigenvalue weighted by atomic mass is 9.74. The van der Waals surface area contributed by atoms with E-state index in [0.717, 1.165) is 11.8 Å². The van der Waals surface area contributed by atoms with E-state index in [2.05, 4.69) is 27.7 Å². The van der Waals surface area contributed by atoms with Crippen LogP contribution < -0.4 is 5.73 Å². The van der Waals surface area contributed by atoms with Crippen LogP contribution in [0.3, 0.4) is 0 Å². The van der Waals surface area contributed by atoms with Crippen molar-refractivity contribution in [3.8, 4) is 0 Å². The van der Waals surface area contributed by atoms with E-state index in [4.69, 9.17) is 5.73 Å². The highest BCUT2D eigenvalue weighted by molar-refractivity contribution is 4.82. The lowest BCUT2D eigenvalue weighted by Crippen LogP contribution is -2.36. The van der Waals surface area contributed by atoms with Gasteiger partial charge in [0.15, 0.2) is 0 Å². The van der Waals surface area contributed by atoms with Gasteiger partial charge in [0.1, 0.15) is 0 Å². The van der Waals surface area contributed by atoms with E-state index in [1.807, 2.05) is 0 Å². The molecular formula is C14H29N. The molecule has 1 fully saturated rings. The minimum atomic E-state index is 0.390. The van der Waals surface area contributed by atoms with Crippen LogP contribution in [0.25, 0.3) is 0 Å². The van der Waals surface area contributed by atoms with Crippen molar-refractivity contribution in [3.05, 3.63) is 0 Å². The molecule has 0 radical (unpaired) electrons. The molecule has 1 unspecified atom stereocenters. The number of rotatable bonds is 3. The molecular weight excluding hydrogens is 182 g/mol. The molecule has 1 atom stereocenters. The van der Waals surface area contributed by atoms with Crippen LogP contribution in [0.2, 0.25) is 0 Å². The standard InChI is InChI=1S/C14H29N/c1-5-11-6-8-12(9-7-11)13(15)10-14(2,3)4/h11-13H,5-10,15H2,1-4H3. The second-order valence-electron chi connectivity index (χ2n) is 6.62. The molecule has 0 saturated heterocycles. The third-order valence-electron chi connectivity index (χ3n) is 3.92. The van der Waals surface area contributed by atoms with Gasteiger partial charge >= 0.3 is 0 Å². The van der Waals surface area contributed by atoms with Gasteiger partial charge in [0.2, 0.25) is 0 Å². The molecule has 90 valence electrons. The summed E-state index contributed by atoms with van der Waals surface area (Å²) in [6.45, 7) is 9.21. The Kier molecular flexibility index (Phi) is 4.64. The van der Waals surface area contributed by atoms with Crippen LogP contribution in [0.4, 0.5) is 0 Å². The van der Waals surface area contributed by atoms with Gasteiger partial charge in [0.25, 0.3) is 0 Å². The molecule has 1 heteroatoms. The summed E-state index contributed by atoms with van der Waals surface area (Å²) in [4.78, 5) is 0. The molecule has 0 aromatic heterocycles. The topological polar surface area (TPSA) is 26.0 Å². The van der Waals surface area contributed by atoms with E-state index in [1.165, 1.54) is 38.5 Å². The Labute approximate surface area is 95.8 Å². The summed E-state index contributed by atoms with van der Waals surface area (Å²) in [7, 11) is 0. The molecule has 2 N–H and O–H groups in total. The molecule has 1 nitrogen and oxygen atoms in total. The molecule has 0 amide bonds. The summed E-state index contributed by atoms with van der Waals surface area (Å²) < 4.78 is 0. The maximum Gasteiger partial charge on any atom is 0.00721 e. The summed E-state index contributed by atoms with van der Waals surface area (Å²) in [5, 5.41) is 0. The summed E-state index contributed by atoms with van der Waals surface area (Å²) in [5.41, 5.74) is 6.71. The van der Waals surface area contributed by atoms with Crippen LogP contribution in [-0.4, -0.2) is 6.04 Å². The first-order valence-electron chi connectivity index (χ1n) is 6.68. The van der Waals surface area contributed by atoms with Crippen LogP contribution in [-0.2, 0) is 0 Å². The zero-order valence-corrected chi connectivity index (χ0v) is 11.1. The normalized spacial score (nSPS) is 30.2. The first-order chi connectivity index (χ1) is 6.92. The zero-order valence-electron chi connectivity index (χ0n) is 11.1. The van der Waals surface area contributed by atoms with Crippen molar-refractivity contribution in [2.45, 2.75) is 72.3 Å². The molecule has 0 aromatic rings. The van der Waals surface area contributed by atoms with Gasteiger partial charge in [0.05, 0.1) is 0 Å². The molecule has 1 aliphatic carbocycles. The van der Waals surface area contributed by atoms with Crippen molar-refractivity contribution in [1.29, 1.82) is 0 Å². The summed E-state index contributed by atoms with van der Waals surface area (Å²) in [6, 6.07) is 0.433. The fourth-order valence-corrected chi connectivity index (χ4v) is 2.90. The Morgan fingerprint density at radius 1 is 1.13 bits per heavy atom. The Balaban J connectivity index is 2.33. The highest BCUT2D eigenvalue weighted by Crippen LogP contribution is 2.34. The molecule has 0 spiro atoms. The Hall–Kier alpha value is -0.0400. The van der Waals surface area contributed by atoms with Gasteiger partial charge < -0.3 is 5.73 Å². The van der Waals surface area contributed by atoms with Gasteiger partial charge in [-0.05, 0) is 36.5 Å². The minimum absolute atomic E-state index is 0.390. The van der Waals surface area contributed by atoms with E-state index in [-0.39, 0.29) is 0 Å². The van der Waals surface area contributed by atoms with Gasteiger partial charge in [-0.15, -0.1) is 0 Å². The van der Waals surface area contributed by atoms with Gasteiger partial charge in [-0.3, -0.25) is 0 Å². The summed E-state index contributed by atoms with van der Waals surface area (Å²) in [6.07, 6.45) is 8.11. The first-order valence-corrected chi connectivity index (χ1v) is 6.68. The van der Waals surface area contributed by atoms with Crippen molar-refractivity contribution in [1.82, 2.24) is 0 Å². The molecule has 0 aromatic carbocycles. The second kappa shape index (κ2) is 5.34. The fraction of sp³-hybridized carbons (Fsp3) is 1.00. The molecule has 0 heterocycles. The highest BCUT2D eigenvalue weighted by atomic mass is 14.7.